The van der Waals surface area contributed by atoms with E-state index in [0.717, 1.165) is 16.9 Å². The van der Waals surface area contributed by atoms with Crippen molar-refractivity contribution in [2.75, 3.05) is 12.4 Å². The van der Waals surface area contributed by atoms with Gasteiger partial charge in [-0.1, -0.05) is 35.9 Å². The Kier molecular flexibility index (Phi) is 5.87. The molecule has 0 bridgehead atoms. The van der Waals surface area contributed by atoms with Crippen molar-refractivity contribution in [3.63, 3.8) is 0 Å². The number of methoxy groups -OCH3 is 1. The summed E-state index contributed by atoms with van der Waals surface area (Å²) < 4.78 is 5.39. The van der Waals surface area contributed by atoms with E-state index in [1.807, 2.05) is 30.3 Å². The lowest BCUT2D eigenvalue weighted by atomic mass is 9.83. The van der Waals surface area contributed by atoms with Crippen LogP contribution in [0.15, 0.2) is 60.8 Å². The molecule has 0 fully saturated rings. The number of nitrogens with one attached hydrogen (secondary N) is 1. The summed E-state index contributed by atoms with van der Waals surface area (Å²) in [6, 6.07) is 17.8. The Bertz CT molecular complexity index is 1010. The monoisotopic (exact) mass is 390 g/mol. The number of ether oxygens (including phenoxy) is 1. The first kappa shape index (κ1) is 20.4. The fraction of sp³-hybridized carbons (Fsp3) is 0.250. The topological polar surface area (TPSA) is 71.5 Å². The standard InChI is InChI=1S/C24H26N2O3/c1-16-6-5-7-17(12-16)14-25-22-11-9-19(15-26-22)18-8-10-21(29-4)20(13-18)24(2,3)23(27)28/h5-13,15H,14H2,1-4H3,(H,25,26)(H,27,28). The van der Waals surface area contributed by atoms with Crippen LogP contribution in [0.2, 0.25) is 0 Å². The molecule has 0 aliphatic heterocycles. The molecule has 3 rings (SSSR count). The van der Waals surface area contributed by atoms with E-state index in [9.17, 15) is 9.90 Å². The molecule has 0 amide bonds. The number of aryl methyl sites for hydroxylation is 1. The third-order valence-corrected chi connectivity index (χ3v) is 5.06. The molecule has 0 aliphatic carbocycles. The number of aromatic nitrogens is 1. The van der Waals surface area contributed by atoms with Crippen molar-refractivity contribution in [1.29, 1.82) is 0 Å². The fourth-order valence-electron chi connectivity index (χ4n) is 3.18. The molecule has 5 nitrogen and oxygen atoms in total. The average Bonchev–Trinajstić information content (AvgIpc) is 2.72. The zero-order chi connectivity index (χ0) is 21.0. The van der Waals surface area contributed by atoms with Gasteiger partial charge in [0.1, 0.15) is 11.6 Å². The highest BCUT2D eigenvalue weighted by Gasteiger charge is 2.32. The molecule has 1 heterocycles. The molecule has 0 unspecified atom stereocenters. The van der Waals surface area contributed by atoms with Gasteiger partial charge < -0.3 is 15.2 Å². The summed E-state index contributed by atoms with van der Waals surface area (Å²) >= 11 is 0. The summed E-state index contributed by atoms with van der Waals surface area (Å²) in [5, 5.41) is 12.9. The van der Waals surface area contributed by atoms with Crippen LogP contribution in [0.5, 0.6) is 5.75 Å². The van der Waals surface area contributed by atoms with Crippen LogP contribution in [0.1, 0.15) is 30.5 Å². The van der Waals surface area contributed by atoms with Gasteiger partial charge in [-0.05, 0) is 56.2 Å². The Hall–Kier alpha value is -3.34. The van der Waals surface area contributed by atoms with Crippen molar-refractivity contribution in [2.45, 2.75) is 32.7 Å². The summed E-state index contributed by atoms with van der Waals surface area (Å²) in [5.74, 6) is 0.446. The third kappa shape index (κ3) is 4.57. The minimum Gasteiger partial charge on any atom is -0.496 e. The average molecular weight is 390 g/mol. The van der Waals surface area contributed by atoms with Crippen molar-refractivity contribution in [3.8, 4) is 16.9 Å². The Balaban J connectivity index is 1.81. The second-order valence-corrected chi connectivity index (χ2v) is 7.62. The number of nitrogens with zero attached hydrogens (tertiary/aromatic N) is 1. The lowest BCUT2D eigenvalue weighted by molar-refractivity contribution is -0.142. The van der Waals surface area contributed by atoms with E-state index < -0.39 is 11.4 Å². The van der Waals surface area contributed by atoms with Crippen molar-refractivity contribution >= 4 is 11.8 Å². The minimum atomic E-state index is -1.07. The first-order chi connectivity index (χ1) is 13.8. The molecule has 0 saturated carbocycles. The summed E-state index contributed by atoms with van der Waals surface area (Å²) in [4.78, 5) is 16.2. The van der Waals surface area contributed by atoms with Crippen molar-refractivity contribution in [3.05, 3.63) is 77.5 Å². The smallest absolute Gasteiger partial charge is 0.313 e. The summed E-state index contributed by atoms with van der Waals surface area (Å²) in [6.45, 7) is 6.12. The molecule has 2 aromatic carbocycles. The number of carboxylic acids is 1. The lowest BCUT2D eigenvalue weighted by Gasteiger charge is -2.23. The van der Waals surface area contributed by atoms with E-state index in [1.54, 1.807) is 33.2 Å². The van der Waals surface area contributed by atoms with E-state index >= 15 is 0 Å². The Morgan fingerprint density at radius 2 is 1.86 bits per heavy atom. The second-order valence-electron chi connectivity index (χ2n) is 7.62. The number of carboxylic acid groups (broad SMARTS) is 1. The Morgan fingerprint density at radius 1 is 1.10 bits per heavy atom. The van der Waals surface area contributed by atoms with Gasteiger partial charge in [0.25, 0.3) is 0 Å². The van der Waals surface area contributed by atoms with Crippen LogP contribution in [0.4, 0.5) is 5.82 Å². The van der Waals surface area contributed by atoms with Gasteiger partial charge in [0.05, 0.1) is 12.5 Å². The van der Waals surface area contributed by atoms with Crippen molar-refractivity contribution in [1.82, 2.24) is 4.98 Å². The van der Waals surface area contributed by atoms with Gasteiger partial charge in [0.15, 0.2) is 0 Å². The molecule has 0 aliphatic rings. The summed E-state index contributed by atoms with van der Waals surface area (Å²) in [7, 11) is 1.55. The van der Waals surface area contributed by atoms with Gasteiger partial charge in [0, 0.05) is 23.9 Å². The molecule has 0 spiro atoms. The number of carbonyl (C=O) groups is 1. The zero-order valence-corrected chi connectivity index (χ0v) is 17.2. The molecular weight excluding hydrogens is 364 g/mol. The van der Waals surface area contributed by atoms with Crippen LogP contribution in [-0.4, -0.2) is 23.2 Å². The number of hydrogen-bond acceptors (Lipinski definition) is 4. The maximum atomic E-state index is 11.7. The number of aliphatic carboxylic acids is 1. The highest BCUT2D eigenvalue weighted by atomic mass is 16.5. The highest BCUT2D eigenvalue weighted by Crippen LogP contribution is 2.35. The minimum absolute atomic E-state index is 0.561. The van der Waals surface area contributed by atoms with Crippen LogP contribution >= 0.6 is 0 Å². The Morgan fingerprint density at radius 3 is 2.48 bits per heavy atom. The van der Waals surface area contributed by atoms with Gasteiger partial charge in [0.2, 0.25) is 0 Å². The highest BCUT2D eigenvalue weighted by molar-refractivity contribution is 5.82. The largest absolute Gasteiger partial charge is 0.496 e. The van der Waals surface area contributed by atoms with E-state index in [0.29, 0.717) is 17.9 Å². The third-order valence-electron chi connectivity index (χ3n) is 5.06. The van der Waals surface area contributed by atoms with Gasteiger partial charge in [-0.2, -0.15) is 0 Å². The molecule has 5 heteroatoms. The van der Waals surface area contributed by atoms with Crippen LogP contribution < -0.4 is 10.1 Å². The van der Waals surface area contributed by atoms with Crippen LogP contribution in [0, 0.1) is 6.92 Å². The number of benzene rings is 2. The molecule has 1 aromatic heterocycles. The predicted molar refractivity (Wildman–Crippen MR) is 115 cm³/mol. The van der Waals surface area contributed by atoms with Crippen molar-refractivity contribution < 1.29 is 14.6 Å². The predicted octanol–water partition coefficient (Wildman–Crippen LogP) is 5.04. The van der Waals surface area contributed by atoms with Crippen LogP contribution in [0.3, 0.4) is 0 Å². The number of rotatable bonds is 7. The van der Waals surface area contributed by atoms with E-state index in [1.165, 1.54) is 11.1 Å². The number of anilines is 1. The summed E-state index contributed by atoms with van der Waals surface area (Å²) in [5.41, 5.74) is 3.80. The molecule has 0 atom stereocenters. The maximum absolute atomic E-state index is 11.7. The van der Waals surface area contributed by atoms with Gasteiger partial charge >= 0.3 is 5.97 Å². The lowest BCUT2D eigenvalue weighted by Crippen LogP contribution is -2.29. The van der Waals surface area contributed by atoms with Crippen LogP contribution in [-0.2, 0) is 16.8 Å². The quantitative estimate of drug-likeness (QED) is 0.591. The molecule has 0 saturated heterocycles. The first-order valence-corrected chi connectivity index (χ1v) is 9.49. The van der Waals surface area contributed by atoms with E-state index in [4.69, 9.17) is 4.74 Å². The SMILES string of the molecule is COc1ccc(-c2ccc(NCc3cccc(C)c3)nc2)cc1C(C)(C)C(=O)O. The van der Waals surface area contributed by atoms with Crippen molar-refractivity contribution in [2.24, 2.45) is 0 Å². The second kappa shape index (κ2) is 8.35. The fourth-order valence-corrected chi connectivity index (χ4v) is 3.18. The molecule has 3 aromatic rings. The van der Waals surface area contributed by atoms with Gasteiger partial charge in [-0.15, -0.1) is 0 Å². The number of hydrogen-bond donors (Lipinski definition) is 2. The van der Waals surface area contributed by atoms with Gasteiger partial charge in [-0.25, -0.2) is 4.98 Å². The molecule has 0 radical (unpaired) electrons. The molecule has 150 valence electrons. The maximum Gasteiger partial charge on any atom is 0.313 e. The normalized spacial score (nSPS) is 11.2. The zero-order valence-electron chi connectivity index (χ0n) is 17.2. The van der Waals surface area contributed by atoms with Crippen LogP contribution in [0.25, 0.3) is 11.1 Å². The number of pyridine rings is 1. The Labute approximate surface area is 171 Å². The molecular formula is C24H26N2O3. The van der Waals surface area contributed by atoms with E-state index in [2.05, 4.69) is 35.4 Å². The van der Waals surface area contributed by atoms with E-state index in [-0.39, 0.29) is 0 Å². The van der Waals surface area contributed by atoms with Gasteiger partial charge in [-0.3, -0.25) is 4.79 Å². The first-order valence-electron chi connectivity index (χ1n) is 9.49. The molecule has 2 N–H and O–H groups in total. The molecule has 29 heavy (non-hydrogen) atoms. The summed E-state index contributed by atoms with van der Waals surface area (Å²) in [6.07, 6.45) is 1.79.